The summed E-state index contributed by atoms with van der Waals surface area (Å²) in [6.45, 7) is 6.84. The highest BCUT2D eigenvalue weighted by molar-refractivity contribution is 5.79. The molecule has 4 heteroatoms. The zero-order valence-corrected chi connectivity index (χ0v) is 13.2. The quantitative estimate of drug-likeness (QED) is 0.857. The van der Waals surface area contributed by atoms with Gasteiger partial charge in [0.15, 0.2) is 0 Å². The minimum atomic E-state index is 0.317. The lowest BCUT2D eigenvalue weighted by atomic mass is 9.93. The van der Waals surface area contributed by atoms with E-state index in [1.165, 1.54) is 32.1 Å². The van der Waals surface area contributed by atoms with Crippen LogP contribution < -0.4 is 5.73 Å². The summed E-state index contributed by atoms with van der Waals surface area (Å²) in [5.74, 6) is 0.322. The van der Waals surface area contributed by atoms with Crippen molar-refractivity contribution in [1.82, 2.24) is 9.80 Å². The van der Waals surface area contributed by atoms with Crippen LogP contribution in [-0.2, 0) is 4.79 Å². The number of piperidine rings is 1. The molecule has 4 nitrogen and oxygen atoms in total. The van der Waals surface area contributed by atoms with Crippen molar-refractivity contribution in [2.75, 3.05) is 19.6 Å². The van der Waals surface area contributed by atoms with Crippen LogP contribution in [0, 0.1) is 0 Å². The molecule has 1 aliphatic carbocycles. The van der Waals surface area contributed by atoms with Gasteiger partial charge in [0.25, 0.3) is 0 Å². The van der Waals surface area contributed by atoms with Crippen molar-refractivity contribution in [2.45, 2.75) is 76.9 Å². The van der Waals surface area contributed by atoms with Gasteiger partial charge in [0, 0.05) is 31.2 Å². The molecular formula is C16H31N3O. The predicted molar refractivity (Wildman–Crippen MR) is 82.5 cm³/mol. The summed E-state index contributed by atoms with van der Waals surface area (Å²) in [6.07, 6.45) is 8.32. The van der Waals surface area contributed by atoms with Crippen molar-refractivity contribution < 1.29 is 4.79 Å². The zero-order chi connectivity index (χ0) is 14.5. The van der Waals surface area contributed by atoms with Gasteiger partial charge in [0.05, 0.1) is 6.54 Å². The molecule has 0 atom stereocenters. The molecule has 1 amide bonds. The monoisotopic (exact) mass is 281 g/mol. The first-order chi connectivity index (χ1) is 9.58. The first-order valence-electron chi connectivity index (χ1n) is 8.37. The molecule has 116 valence electrons. The molecule has 1 saturated carbocycles. The average Bonchev–Trinajstić information content (AvgIpc) is 2.42. The van der Waals surface area contributed by atoms with E-state index in [4.69, 9.17) is 5.73 Å². The van der Waals surface area contributed by atoms with E-state index in [0.29, 0.717) is 30.6 Å². The fourth-order valence-corrected chi connectivity index (χ4v) is 3.66. The molecule has 0 aromatic rings. The Labute approximate surface area is 123 Å². The molecule has 0 aromatic carbocycles. The highest BCUT2D eigenvalue weighted by Gasteiger charge is 2.29. The Kier molecular flexibility index (Phi) is 5.85. The second-order valence-electron chi connectivity index (χ2n) is 6.80. The first-order valence-corrected chi connectivity index (χ1v) is 8.37. The van der Waals surface area contributed by atoms with E-state index in [0.717, 1.165) is 25.9 Å². The Bertz CT molecular complexity index is 305. The Morgan fingerprint density at radius 2 is 1.75 bits per heavy atom. The van der Waals surface area contributed by atoms with Crippen LogP contribution in [0.3, 0.4) is 0 Å². The van der Waals surface area contributed by atoms with Gasteiger partial charge in [0.1, 0.15) is 0 Å². The summed E-state index contributed by atoms with van der Waals surface area (Å²) in [5, 5.41) is 0. The van der Waals surface area contributed by atoms with Crippen LogP contribution in [0.15, 0.2) is 0 Å². The van der Waals surface area contributed by atoms with Gasteiger partial charge in [-0.15, -0.1) is 0 Å². The number of rotatable bonds is 4. The van der Waals surface area contributed by atoms with Crippen LogP contribution in [0.25, 0.3) is 0 Å². The minimum Gasteiger partial charge on any atom is -0.336 e. The summed E-state index contributed by atoms with van der Waals surface area (Å²) in [4.78, 5) is 17.1. The number of nitrogens with two attached hydrogens (primary N) is 1. The minimum absolute atomic E-state index is 0.317. The van der Waals surface area contributed by atoms with Gasteiger partial charge in [-0.3, -0.25) is 9.69 Å². The van der Waals surface area contributed by atoms with Crippen molar-refractivity contribution in [2.24, 2.45) is 5.73 Å². The lowest BCUT2D eigenvalue weighted by molar-refractivity contribution is -0.137. The maximum absolute atomic E-state index is 12.7. The fraction of sp³-hybridized carbons (Fsp3) is 0.938. The molecule has 2 fully saturated rings. The third kappa shape index (κ3) is 4.19. The van der Waals surface area contributed by atoms with Gasteiger partial charge < -0.3 is 10.6 Å². The van der Waals surface area contributed by atoms with E-state index >= 15 is 0 Å². The molecule has 20 heavy (non-hydrogen) atoms. The third-order valence-corrected chi connectivity index (χ3v) is 4.80. The number of carbonyl (C=O) groups excluding carboxylic acids is 1. The lowest BCUT2D eigenvalue weighted by Crippen LogP contribution is -2.51. The van der Waals surface area contributed by atoms with E-state index in [1.54, 1.807) is 0 Å². The number of amides is 1. The van der Waals surface area contributed by atoms with Gasteiger partial charge in [-0.1, -0.05) is 19.3 Å². The van der Waals surface area contributed by atoms with Crippen LogP contribution >= 0.6 is 0 Å². The van der Waals surface area contributed by atoms with Crippen LogP contribution in [0.2, 0.25) is 0 Å². The number of hydrogen-bond acceptors (Lipinski definition) is 3. The van der Waals surface area contributed by atoms with E-state index in [9.17, 15) is 4.79 Å². The predicted octanol–water partition coefficient (Wildman–Crippen LogP) is 1.98. The molecule has 0 aromatic heterocycles. The average molecular weight is 281 g/mol. The van der Waals surface area contributed by atoms with Crippen molar-refractivity contribution in [3.05, 3.63) is 0 Å². The second-order valence-corrected chi connectivity index (χ2v) is 6.80. The smallest absolute Gasteiger partial charge is 0.237 e. The largest absolute Gasteiger partial charge is 0.336 e. The molecule has 0 unspecified atom stereocenters. The number of carbonyl (C=O) groups is 1. The zero-order valence-electron chi connectivity index (χ0n) is 13.2. The Morgan fingerprint density at radius 3 is 2.30 bits per heavy atom. The number of likely N-dealkylation sites (tertiary alicyclic amines) is 1. The van der Waals surface area contributed by atoms with Gasteiger partial charge in [-0.05, 0) is 39.5 Å². The third-order valence-electron chi connectivity index (χ3n) is 4.80. The van der Waals surface area contributed by atoms with Crippen molar-refractivity contribution in [3.8, 4) is 0 Å². The van der Waals surface area contributed by atoms with E-state index in [-0.39, 0.29) is 0 Å². The summed E-state index contributed by atoms with van der Waals surface area (Å²) in [6, 6.07) is 1.13. The van der Waals surface area contributed by atoms with Gasteiger partial charge in [-0.25, -0.2) is 0 Å². The van der Waals surface area contributed by atoms with Gasteiger partial charge >= 0.3 is 0 Å². The standard InChI is InChI=1S/C16H31N3O/c1-13(2)19(15-6-4-3-5-7-15)16(20)12-18-10-8-14(17)9-11-18/h13-15H,3-12,17H2,1-2H3. The molecule has 2 aliphatic rings. The molecule has 0 bridgehead atoms. The summed E-state index contributed by atoms with van der Waals surface area (Å²) < 4.78 is 0. The molecular weight excluding hydrogens is 250 g/mol. The van der Waals surface area contributed by atoms with Crippen LogP contribution in [-0.4, -0.2) is 53.5 Å². The van der Waals surface area contributed by atoms with Crippen molar-refractivity contribution in [1.29, 1.82) is 0 Å². The van der Waals surface area contributed by atoms with Crippen molar-refractivity contribution in [3.63, 3.8) is 0 Å². The topological polar surface area (TPSA) is 49.6 Å². The Hall–Kier alpha value is -0.610. The highest BCUT2D eigenvalue weighted by atomic mass is 16.2. The molecule has 0 radical (unpaired) electrons. The first kappa shape index (κ1) is 15.8. The second kappa shape index (κ2) is 7.41. The Balaban J connectivity index is 1.89. The normalized spacial score (nSPS) is 23.2. The molecule has 1 aliphatic heterocycles. The highest BCUT2D eigenvalue weighted by Crippen LogP contribution is 2.24. The lowest BCUT2D eigenvalue weighted by Gasteiger charge is -2.39. The molecule has 1 heterocycles. The summed E-state index contributed by atoms with van der Waals surface area (Å²) in [7, 11) is 0. The molecule has 1 saturated heterocycles. The maximum Gasteiger partial charge on any atom is 0.237 e. The van der Waals surface area contributed by atoms with Crippen LogP contribution in [0.4, 0.5) is 0 Å². The van der Waals surface area contributed by atoms with E-state index in [1.807, 2.05) is 0 Å². The molecule has 2 rings (SSSR count). The fourth-order valence-electron chi connectivity index (χ4n) is 3.66. The maximum atomic E-state index is 12.7. The summed E-state index contributed by atoms with van der Waals surface area (Å²) in [5.41, 5.74) is 5.93. The van der Waals surface area contributed by atoms with Crippen molar-refractivity contribution >= 4 is 5.91 Å². The SMILES string of the molecule is CC(C)N(C(=O)CN1CCC(N)CC1)C1CCCCC1. The van der Waals surface area contributed by atoms with Gasteiger partial charge in [-0.2, -0.15) is 0 Å². The van der Waals surface area contributed by atoms with Crippen LogP contribution in [0.5, 0.6) is 0 Å². The van der Waals surface area contributed by atoms with Crippen LogP contribution in [0.1, 0.15) is 58.8 Å². The van der Waals surface area contributed by atoms with Gasteiger partial charge in [0.2, 0.25) is 5.91 Å². The number of hydrogen-bond donors (Lipinski definition) is 1. The van der Waals surface area contributed by atoms with E-state index < -0.39 is 0 Å². The summed E-state index contributed by atoms with van der Waals surface area (Å²) >= 11 is 0. The van der Waals surface area contributed by atoms with E-state index in [2.05, 4.69) is 23.6 Å². The number of nitrogens with zero attached hydrogens (tertiary/aromatic N) is 2. The molecule has 2 N–H and O–H groups in total. The molecule has 0 spiro atoms. The Morgan fingerprint density at radius 1 is 1.15 bits per heavy atom.